The Kier molecular flexibility index (Phi) is 4.06. The molecular formula is C15H14Cl2N2OS. The highest BCUT2D eigenvalue weighted by Gasteiger charge is 2.46. The van der Waals surface area contributed by atoms with E-state index in [1.165, 1.54) is 0 Å². The van der Waals surface area contributed by atoms with Gasteiger partial charge in [-0.3, -0.25) is 0 Å². The standard InChI is InChI=1S/C15H14Cl2N2OS/c1-2-3-15(8-19-5-4-18-9-19)14(20)10-6-11(16)12(17)7-13(10)21-15/h2,4-7,9,14,20H,1,3,8H2. The van der Waals surface area contributed by atoms with Gasteiger partial charge in [-0.2, -0.15) is 0 Å². The summed E-state index contributed by atoms with van der Waals surface area (Å²) in [5.41, 5.74) is 0.830. The first kappa shape index (κ1) is 15.0. The maximum Gasteiger partial charge on any atom is 0.0971 e. The maximum atomic E-state index is 10.8. The third kappa shape index (κ3) is 2.61. The first-order valence-electron chi connectivity index (χ1n) is 6.48. The normalized spacial score (nSPS) is 24.0. The van der Waals surface area contributed by atoms with E-state index in [0.29, 0.717) is 23.0 Å². The number of aromatic nitrogens is 2. The van der Waals surface area contributed by atoms with Crippen molar-refractivity contribution in [3.8, 4) is 0 Å². The molecule has 1 aliphatic rings. The summed E-state index contributed by atoms with van der Waals surface area (Å²) in [6.45, 7) is 4.46. The van der Waals surface area contributed by atoms with Crippen molar-refractivity contribution in [2.75, 3.05) is 0 Å². The Labute approximate surface area is 137 Å². The molecule has 3 nitrogen and oxygen atoms in total. The summed E-state index contributed by atoms with van der Waals surface area (Å²) < 4.78 is 1.55. The first-order chi connectivity index (χ1) is 10.1. The maximum absolute atomic E-state index is 10.8. The zero-order valence-electron chi connectivity index (χ0n) is 11.2. The van der Waals surface area contributed by atoms with E-state index in [-0.39, 0.29) is 0 Å². The summed E-state index contributed by atoms with van der Waals surface area (Å²) in [4.78, 5) is 5.03. The van der Waals surface area contributed by atoms with E-state index >= 15 is 0 Å². The SMILES string of the molecule is C=CCC1(Cn2ccnc2)Sc2cc(Cl)c(Cl)cc2C1O. The fraction of sp³-hybridized carbons (Fsp3) is 0.267. The van der Waals surface area contributed by atoms with Gasteiger partial charge in [0.25, 0.3) is 0 Å². The number of thioether (sulfide) groups is 1. The monoisotopic (exact) mass is 340 g/mol. The van der Waals surface area contributed by atoms with Gasteiger partial charge in [0.1, 0.15) is 0 Å². The summed E-state index contributed by atoms with van der Waals surface area (Å²) in [5, 5.41) is 11.8. The van der Waals surface area contributed by atoms with Crippen molar-refractivity contribution in [1.82, 2.24) is 9.55 Å². The number of rotatable bonds is 4. The number of imidazole rings is 1. The van der Waals surface area contributed by atoms with Gasteiger partial charge in [-0.15, -0.1) is 18.3 Å². The number of hydrogen-bond acceptors (Lipinski definition) is 3. The Balaban J connectivity index is 2.01. The Morgan fingerprint density at radius 3 is 2.86 bits per heavy atom. The van der Waals surface area contributed by atoms with E-state index in [0.717, 1.165) is 10.5 Å². The highest BCUT2D eigenvalue weighted by molar-refractivity contribution is 8.01. The van der Waals surface area contributed by atoms with Crippen molar-refractivity contribution in [3.63, 3.8) is 0 Å². The van der Waals surface area contributed by atoms with Gasteiger partial charge in [0.2, 0.25) is 0 Å². The molecule has 21 heavy (non-hydrogen) atoms. The second-order valence-corrected chi connectivity index (χ2v) is 7.37. The summed E-state index contributed by atoms with van der Waals surface area (Å²) in [6.07, 6.45) is 7.24. The van der Waals surface area contributed by atoms with Crippen LogP contribution in [0.2, 0.25) is 10.0 Å². The van der Waals surface area contributed by atoms with Gasteiger partial charge in [-0.05, 0) is 24.1 Å². The van der Waals surface area contributed by atoms with E-state index in [4.69, 9.17) is 23.2 Å². The summed E-state index contributed by atoms with van der Waals surface area (Å²) in [7, 11) is 0. The van der Waals surface area contributed by atoms with Crippen LogP contribution in [0.5, 0.6) is 0 Å². The van der Waals surface area contributed by atoms with E-state index in [9.17, 15) is 5.11 Å². The molecule has 0 spiro atoms. The third-order valence-electron chi connectivity index (χ3n) is 3.66. The number of fused-ring (bicyclic) bond motifs is 1. The molecule has 2 aromatic rings. The Morgan fingerprint density at radius 2 is 2.19 bits per heavy atom. The highest BCUT2D eigenvalue weighted by Crippen LogP contribution is 2.56. The van der Waals surface area contributed by atoms with Crippen LogP contribution in [0.15, 0.2) is 48.4 Å². The van der Waals surface area contributed by atoms with Crippen LogP contribution in [0.3, 0.4) is 0 Å². The smallest absolute Gasteiger partial charge is 0.0971 e. The second-order valence-electron chi connectivity index (χ2n) is 5.10. The molecular weight excluding hydrogens is 327 g/mol. The van der Waals surface area contributed by atoms with Gasteiger partial charge in [-0.25, -0.2) is 4.98 Å². The van der Waals surface area contributed by atoms with E-state index in [1.807, 2.05) is 22.9 Å². The molecule has 1 aromatic carbocycles. The fourth-order valence-corrected chi connectivity index (χ4v) is 4.63. The predicted octanol–water partition coefficient (Wildman–Crippen LogP) is 4.34. The number of aliphatic hydroxyl groups excluding tert-OH is 1. The minimum absolute atomic E-state index is 0.418. The number of hydrogen-bond donors (Lipinski definition) is 1. The molecule has 1 N–H and O–H groups in total. The summed E-state index contributed by atoms with van der Waals surface area (Å²) in [6, 6.07) is 3.58. The van der Waals surface area contributed by atoms with Gasteiger partial charge in [0.15, 0.2) is 0 Å². The minimum Gasteiger partial charge on any atom is -0.387 e. The third-order valence-corrected chi connectivity index (χ3v) is 5.88. The largest absolute Gasteiger partial charge is 0.387 e. The first-order valence-corrected chi connectivity index (χ1v) is 8.05. The second kappa shape index (κ2) is 5.69. The number of benzene rings is 1. The van der Waals surface area contributed by atoms with Crippen molar-refractivity contribution in [1.29, 1.82) is 0 Å². The average Bonchev–Trinajstić information content (AvgIpc) is 3.02. The lowest BCUT2D eigenvalue weighted by atomic mass is 9.92. The van der Waals surface area contributed by atoms with Crippen LogP contribution in [0.4, 0.5) is 0 Å². The Morgan fingerprint density at radius 1 is 1.43 bits per heavy atom. The topological polar surface area (TPSA) is 38.0 Å². The van der Waals surface area contributed by atoms with Crippen molar-refractivity contribution >= 4 is 35.0 Å². The van der Waals surface area contributed by atoms with Crippen molar-refractivity contribution in [2.45, 2.75) is 28.7 Å². The minimum atomic E-state index is -0.632. The van der Waals surface area contributed by atoms with Crippen LogP contribution in [0.1, 0.15) is 18.1 Å². The quantitative estimate of drug-likeness (QED) is 0.841. The van der Waals surface area contributed by atoms with E-state index in [2.05, 4.69) is 11.6 Å². The molecule has 3 rings (SSSR count). The molecule has 6 heteroatoms. The molecule has 0 saturated carbocycles. The molecule has 0 aliphatic carbocycles. The number of aliphatic hydroxyl groups is 1. The average molecular weight is 341 g/mol. The van der Waals surface area contributed by atoms with Crippen LogP contribution in [0, 0.1) is 0 Å². The number of nitrogens with zero attached hydrogens (tertiary/aromatic N) is 2. The molecule has 0 amide bonds. The summed E-state index contributed by atoms with van der Waals surface area (Å²) in [5.74, 6) is 0. The molecule has 0 fully saturated rings. The lowest BCUT2D eigenvalue weighted by Crippen LogP contribution is -2.33. The molecule has 0 saturated heterocycles. The zero-order chi connectivity index (χ0) is 15.0. The molecule has 0 radical (unpaired) electrons. The van der Waals surface area contributed by atoms with Gasteiger partial charge >= 0.3 is 0 Å². The van der Waals surface area contributed by atoms with E-state index in [1.54, 1.807) is 30.4 Å². The summed E-state index contributed by atoms with van der Waals surface area (Å²) >= 11 is 13.8. The molecule has 110 valence electrons. The van der Waals surface area contributed by atoms with Gasteiger partial charge in [0.05, 0.1) is 27.2 Å². The van der Waals surface area contributed by atoms with Crippen LogP contribution >= 0.6 is 35.0 Å². The highest BCUT2D eigenvalue weighted by atomic mass is 35.5. The van der Waals surface area contributed by atoms with Crippen LogP contribution < -0.4 is 0 Å². The Hall–Kier alpha value is -0.940. The molecule has 2 heterocycles. The Bertz CT molecular complexity index is 675. The van der Waals surface area contributed by atoms with Crippen LogP contribution in [0.25, 0.3) is 0 Å². The van der Waals surface area contributed by atoms with Crippen molar-refractivity contribution < 1.29 is 5.11 Å². The lowest BCUT2D eigenvalue weighted by molar-refractivity contribution is 0.123. The predicted molar refractivity (Wildman–Crippen MR) is 87.1 cm³/mol. The molecule has 1 aromatic heterocycles. The van der Waals surface area contributed by atoms with Gasteiger partial charge in [0, 0.05) is 23.8 Å². The lowest BCUT2D eigenvalue weighted by Gasteiger charge is -2.31. The zero-order valence-corrected chi connectivity index (χ0v) is 13.5. The number of halogens is 2. The molecule has 2 atom stereocenters. The van der Waals surface area contributed by atoms with E-state index < -0.39 is 10.9 Å². The molecule has 2 unspecified atom stereocenters. The molecule has 0 bridgehead atoms. The van der Waals surface area contributed by atoms with Crippen molar-refractivity contribution in [3.05, 3.63) is 59.1 Å². The van der Waals surface area contributed by atoms with Crippen LogP contribution in [-0.4, -0.2) is 19.4 Å². The fourth-order valence-electron chi connectivity index (χ4n) is 2.67. The molecule has 1 aliphatic heterocycles. The number of allylic oxidation sites excluding steroid dienone is 1. The van der Waals surface area contributed by atoms with Crippen molar-refractivity contribution in [2.24, 2.45) is 0 Å². The van der Waals surface area contributed by atoms with Gasteiger partial charge in [-0.1, -0.05) is 29.3 Å². The van der Waals surface area contributed by atoms with Gasteiger partial charge < -0.3 is 9.67 Å². The van der Waals surface area contributed by atoms with Crippen LogP contribution in [-0.2, 0) is 6.54 Å².